The summed E-state index contributed by atoms with van der Waals surface area (Å²) >= 11 is 0. The normalized spacial score (nSPS) is 17.8. The topological polar surface area (TPSA) is 83.0 Å². The molecule has 24 heavy (non-hydrogen) atoms. The zero-order valence-corrected chi connectivity index (χ0v) is 13.5. The molecule has 0 aliphatic carbocycles. The molecule has 2 aromatic rings. The predicted octanol–water partition coefficient (Wildman–Crippen LogP) is 0.163. The molecule has 1 saturated heterocycles. The van der Waals surface area contributed by atoms with Gasteiger partial charge in [-0.1, -0.05) is 0 Å². The fourth-order valence-corrected chi connectivity index (χ4v) is 3.23. The van der Waals surface area contributed by atoms with E-state index in [1.54, 1.807) is 12.4 Å². The van der Waals surface area contributed by atoms with E-state index in [0.29, 0.717) is 18.9 Å². The molecule has 0 aromatic carbocycles. The Hall–Kier alpha value is -2.54. The Morgan fingerprint density at radius 2 is 2.04 bits per heavy atom. The van der Waals surface area contributed by atoms with Crippen LogP contribution in [0.15, 0.2) is 24.5 Å². The molecule has 0 atom stereocenters. The average Bonchev–Trinajstić information content (AvgIpc) is 2.87. The van der Waals surface area contributed by atoms with E-state index in [1.165, 1.54) is 5.56 Å². The molecule has 0 radical (unpaired) electrons. The van der Waals surface area contributed by atoms with Crippen molar-refractivity contribution in [3.63, 3.8) is 0 Å². The van der Waals surface area contributed by atoms with E-state index in [0.717, 1.165) is 49.6 Å². The van der Waals surface area contributed by atoms with Crippen molar-refractivity contribution < 1.29 is 4.79 Å². The van der Waals surface area contributed by atoms with Gasteiger partial charge in [0.25, 0.3) is 0 Å². The van der Waals surface area contributed by atoms with Gasteiger partial charge in [-0.3, -0.25) is 9.78 Å². The molecule has 2 aliphatic rings. The minimum Gasteiger partial charge on any atom is -0.353 e. The van der Waals surface area contributed by atoms with Crippen LogP contribution in [0.1, 0.15) is 11.3 Å². The molecule has 124 valence electrons. The summed E-state index contributed by atoms with van der Waals surface area (Å²) < 4.78 is 0. The van der Waals surface area contributed by atoms with Gasteiger partial charge >= 0.3 is 0 Å². The molecule has 2 aromatic heterocycles. The third-order valence-corrected chi connectivity index (χ3v) is 4.42. The maximum Gasteiger partial charge on any atom is 0.239 e. The summed E-state index contributed by atoms with van der Waals surface area (Å²) in [6, 6.07) is 3.86. The minimum absolute atomic E-state index is 0.0447. The number of piperazine rings is 1. The van der Waals surface area contributed by atoms with Crippen molar-refractivity contribution in [1.82, 2.24) is 25.6 Å². The number of nitrogens with one attached hydrogen (secondary N) is 2. The molecule has 0 unspecified atom stereocenters. The Kier molecular flexibility index (Phi) is 4.08. The molecular weight excluding hydrogens is 304 g/mol. The van der Waals surface area contributed by atoms with Crippen LogP contribution in [-0.4, -0.2) is 53.6 Å². The quantitative estimate of drug-likeness (QED) is 0.819. The van der Waals surface area contributed by atoms with Crippen LogP contribution >= 0.6 is 0 Å². The van der Waals surface area contributed by atoms with Gasteiger partial charge in [0, 0.05) is 49.6 Å². The Labute approximate surface area is 140 Å². The molecule has 0 spiro atoms. The third kappa shape index (κ3) is 2.94. The van der Waals surface area contributed by atoms with Crippen molar-refractivity contribution in [2.45, 2.75) is 12.8 Å². The van der Waals surface area contributed by atoms with Gasteiger partial charge in [0.1, 0.15) is 5.82 Å². The number of fused-ring (bicyclic) bond motifs is 1. The van der Waals surface area contributed by atoms with Gasteiger partial charge < -0.3 is 15.5 Å². The fourth-order valence-electron chi connectivity index (χ4n) is 3.23. The lowest BCUT2D eigenvalue weighted by atomic mass is 10.1. The van der Waals surface area contributed by atoms with E-state index >= 15 is 0 Å². The van der Waals surface area contributed by atoms with Gasteiger partial charge in [-0.05, 0) is 25.1 Å². The van der Waals surface area contributed by atoms with Gasteiger partial charge in [-0.15, -0.1) is 0 Å². The van der Waals surface area contributed by atoms with Crippen LogP contribution in [0.3, 0.4) is 0 Å². The number of amides is 1. The summed E-state index contributed by atoms with van der Waals surface area (Å²) in [5, 5.41) is 6.29. The van der Waals surface area contributed by atoms with E-state index in [4.69, 9.17) is 9.97 Å². The molecule has 0 saturated carbocycles. The van der Waals surface area contributed by atoms with Crippen LogP contribution in [0, 0.1) is 0 Å². The zero-order valence-electron chi connectivity index (χ0n) is 13.5. The SMILES string of the molecule is O=C1CN(c2nc(-c3cccnc3)nc3c2CCNCC3)CCN1. The summed E-state index contributed by atoms with van der Waals surface area (Å²) in [5.74, 6) is 1.63. The number of anilines is 1. The number of carbonyl (C=O) groups excluding carboxylic acids is 1. The molecule has 0 bridgehead atoms. The molecule has 1 amide bonds. The van der Waals surface area contributed by atoms with E-state index in [9.17, 15) is 4.79 Å². The van der Waals surface area contributed by atoms with E-state index < -0.39 is 0 Å². The number of aromatic nitrogens is 3. The predicted molar refractivity (Wildman–Crippen MR) is 90.8 cm³/mol. The van der Waals surface area contributed by atoms with Gasteiger partial charge in [-0.25, -0.2) is 9.97 Å². The summed E-state index contributed by atoms with van der Waals surface area (Å²) in [6.07, 6.45) is 5.28. The highest BCUT2D eigenvalue weighted by molar-refractivity contribution is 5.82. The second kappa shape index (κ2) is 6.52. The summed E-state index contributed by atoms with van der Waals surface area (Å²) in [5.41, 5.74) is 3.15. The van der Waals surface area contributed by atoms with Crippen molar-refractivity contribution >= 4 is 11.7 Å². The first-order valence-corrected chi connectivity index (χ1v) is 8.34. The van der Waals surface area contributed by atoms with E-state index in [-0.39, 0.29) is 5.91 Å². The molecule has 1 fully saturated rings. The summed E-state index contributed by atoms with van der Waals surface area (Å²) in [7, 11) is 0. The number of rotatable bonds is 2. The van der Waals surface area contributed by atoms with Gasteiger partial charge in [-0.2, -0.15) is 0 Å². The standard InChI is InChI=1S/C17H20N6O/c24-15-11-23(9-8-20-15)17-13-3-6-18-7-4-14(13)21-16(22-17)12-2-1-5-19-10-12/h1-2,5,10,18H,3-4,6-9,11H2,(H,20,24). The minimum atomic E-state index is 0.0447. The molecule has 7 nitrogen and oxygen atoms in total. The fraction of sp³-hybridized carbons (Fsp3) is 0.412. The Morgan fingerprint density at radius 1 is 1.12 bits per heavy atom. The first-order valence-electron chi connectivity index (χ1n) is 8.34. The highest BCUT2D eigenvalue weighted by Crippen LogP contribution is 2.27. The summed E-state index contributed by atoms with van der Waals surface area (Å²) in [4.78, 5) is 27.7. The number of hydrogen-bond acceptors (Lipinski definition) is 6. The number of carbonyl (C=O) groups is 1. The van der Waals surface area contributed by atoms with Crippen LogP contribution in [0.5, 0.6) is 0 Å². The molecule has 4 heterocycles. The van der Waals surface area contributed by atoms with Gasteiger partial charge in [0.2, 0.25) is 5.91 Å². The van der Waals surface area contributed by atoms with Crippen molar-refractivity contribution in [2.75, 3.05) is 37.6 Å². The lowest BCUT2D eigenvalue weighted by Crippen LogP contribution is -2.48. The van der Waals surface area contributed by atoms with Crippen molar-refractivity contribution in [3.8, 4) is 11.4 Å². The molecule has 2 N–H and O–H groups in total. The number of hydrogen-bond donors (Lipinski definition) is 2. The van der Waals surface area contributed by atoms with E-state index in [2.05, 4.69) is 20.5 Å². The van der Waals surface area contributed by atoms with Gasteiger partial charge in [0.15, 0.2) is 5.82 Å². The first kappa shape index (κ1) is 15.0. The Morgan fingerprint density at radius 3 is 2.88 bits per heavy atom. The zero-order chi connectivity index (χ0) is 16.4. The van der Waals surface area contributed by atoms with Crippen molar-refractivity contribution in [2.24, 2.45) is 0 Å². The monoisotopic (exact) mass is 324 g/mol. The highest BCUT2D eigenvalue weighted by atomic mass is 16.2. The second-order valence-corrected chi connectivity index (χ2v) is 6.06. The lowest BCUT2D eigenvalue weighted by Gasteiger charge is -2.30. The molecule has 7 heteroatoms. The molecular formula is C17H20N6O. The second-order valence-electron chi connectivity index (χ2n) is 6.06. The van der Waals surface area contributed by atoms with Crippen LogP contribution in [0.4, 0.5) is 5.82 Å². The summed E-state index contributed by atoms with van der Waals surface area (Å²) in [6.45, 7) is 3.60. The number of nitrogens with zero attached hydrogens (tertiary/aromatic N) is 4. The average molecular weight is 324 g/mol. The maximum absolute atomic E-state index is 11.8. The third-order valence-electron chi connectivity index (χ3n) is 4.42. The largest absolute Gasteiger partial charge is 0.353 e. The number of pyridine rings is 1. The smallest absolute Gasteiger partial charge is 0.239 e. The van der Waals surface area contributed by atoms with Crippen LogP contribution in [-0.2, 0) is 17.6 Å². The van der Waals surface area contributed by atoms with Crippen molar-refractivity contribution in [1.29, 1.82) is 0 Å². The Bertz CT molecular complexity index is 748. The van der Waals surface area contributed by atoms with Crippen LogP contribution in [0.2, 0.25) is 0 Å². The molecule has 4 rings (SSSR count). The van der Waals surface area contributed by atoms with Crippen molar-refractivity contribution in [3.05, 3.63) is 35.8 Å². The van der Waals surface area contributed by atoms with Crippen LogP contribution in [0.25, 0.3) is 11.4 Å². The molecule has 2 aliphatic heterocycles. The Balaban J connectivity index is 1.81. The first-order chi connectivity index (χ1) is 11.8. The highest BCUT2D eigenvalue weighted by Gasteiger charge is 2.24. The maximum atomic E-state index is 11.8. The lowest BCUT2D eigenvalue weighted by molar-refractivity contribution is -0.120. The van der Waals surface area contributed by atoms with Gasteiger partial charge in [0.05, 0.1) is 12.2 Å². The van der Waals surface area contributed by atoms with E-state index in [1.807, 2.05) is 12.1 Å². The van der Waals surface area contributed by atoms with Crippen LogP contribution < -0.4 is 15.5 Å².